The minimum atomic E-state index is 0.0476. The average molecular weight is 342 g/mol. The summed E-state index contributed by atoms with van der Waals surface area (Å²) >= 11 is 0. The summed E-state index contributed by atoms with van der Waals surface area (Å²) in [6.45, 7) is 4.31. The number of nitrogens with one attached hydrogen (secondary N) is 1. The molecule has 3 heterocycles. The molecule has 2 fully saturated rings. The van der Waals surface area contributed by atoms with Gasteiger partial charge in [0.25, 0.3) is 0 Å². The van der Waals surface area contributed by atoms with Gasteiger partial charge < -0.3 is 15.0 Å². The number of amides is 1. The Morgan fingerprint density at radius 2 is 2.08 bits per heavy atom. The number of benzene rings is 1. The second-order valence-corrected chi connectivity index (χ2v) is 7.14. The number of fused-ring (bicyclic) bond motifs is 1. The summed E-state index contributed by atoms with van der Waals surface area (Å²) in [5, 5.41) is 8.58. The molecule has 134 valence electrons. The molecule has 6 nitrogen and oxygen atoms in total. The van der Waals surface area contributed by atoms with Crippen molar-refractivity contribution in [2.75, 3.05) is 26.2 Å². The summed E-state index contributed by atoms with van der Waals surface area (Å²) in [5.74, 6) is 0.0476. The maximum absolute atomic E-state index is 12.4. The third kappa shape index (κ3) is 4.02. The van der Waals surface area contributed by atoms with Crippen LogP contribution in [0.25, 0.3) is 10.9 Å². The topological polar surface area (TPSA) is 59.4 Å². The molecular formula is C19H26N4O2. The van der Waals surface area contributed by atoms with E-state index in [1.807, 2.05) is 30.5 Å². The first kappa shape index (κ1) is 16.5. The molecule has 0 radical (unpaired) electrons. The monoisotopic (exact) mass is 342 g/mol. The summed E-state index contributed by atoms with van der Waals surface area (Å²) in [6.07, 6.45) is 6.63. The van der Waals surface area contributed by atoms with Gasteiger partial charge in [-0.2, -0.15) is 5.10 Å². The van der Waals surface area contributed by atoms with Crippen molar-refractivity contribution in [3.05, 3.63) is 30.5 Å². The summed E-state index contributed by atoms with van der Waals surface area (Å²) < 4.78 is 7.49. The first-order chi connectivity index (χ1) is 12.3. The lowest BCUT2D eigenvalue weighted by atomic mass is 10.0. The lowest BCUT2D eigenvalue weighted by Gasteiger charge is -2.33. The number of ether oxygens (including phenoxy) is 1. The van der Waals surface area contributed by atoms with Crippen molar-refractivity contribution >= 4 is 16.8 Å². The van der Waals surface area contributed by atoms with Crippen molar-refractivity contribution < 1.29 is 9.53 Å². The third-order valence-electron chi connectivity index (χ3n) is 5.28. The number of hydrogen-bond acceptors (Lipinski definition) is 4. The molecule has 0 unspecified atom stereocenters. The Bertz CT molecular complexity index is 715. The first-order valence-corrected chi connectivity index (χ1v) is 9.32. The van der Waals surface area contributed by atoms with Gasteiger partial charge in [-0.1, -0.05) is 18.2 Å². The molecule has 0 bridgehead atoms. The SMILES string of the molecule is O=C(Cn1ncc2ccccc21)NC1CCN(C[C@H]2CCCO2)CC1. The quantitative estimate of drug-likeness (QED) is 0.900. The fourth-order valence-electron chi connectivity index (χ4n) is 3.90. The number of carbonyl (C=O) groups is 1. The van der Waals surface area contributed by atoms with Crippen LogP contribution in [0.1, 0.15) is 25.7 Å². The molecule has 1 atom stereocenters. The molecule has 2 aromatic rings. The molecule has 2 aliphatic heterocycles. The van der Waals surface area contributed by atoms with Gasteiger partial charge >= 0.3 is 0 Å². The summed E-state index contributed by atoms with van der Waals surface area (Å²) in [5.41, 5.74) is 1.00. The van der Waals surface area contributed by atoms with Crippen LogP contribution < -0.4 is 5.32 Å². The molecule has 0 saturated carbocycles. The van der Waals surface area contributed by atoms with Crippen molar-refractivity contribution in [2.45, 2.75) is 44.4 Å². The average Bonchev–Trinajstić information content (AvgIpc) is 3.27. The normalized spacial score (nSPS) is 22.5. The Morgan fingerprint density at radius 3 is 2.88 bits per heavy atom. The van der Waals surface area contributed by atoms with Crippen LogP contribution in [0.3, 0.4) is 0 Å². The Kier molecular flexibility index (Phi) is 4.99. The molecule has 1 aromatic carbocycles. The van der Waals surface area contributed by atoms with Crippen LogP contribution in [0.5, 0.6) is 0 Å². The van der Waals surface area contributed by atoms with E-state index >= 15 is 0 Å². The molecule has 0 aliphatic carbocycles. The van der Waals surface area contributed by atoms with E-state index in [1.165, 1.54) is 12.8 Å². The van der Waals surface area contributed by atoms with E-state index < -0.39 is 0 Å². The molecule has 1 N–H and O–H groups in total. The van der Waals surface area contributed by atoms with E-state index in [0.717, 1.165) is 50.0 Å². The zero-order valence-electron chi connectivity index (χ0n) is 14.6. The van der Waals surface area contributed by atoms with Gasteiger partial charge in [-0.3, -0.25) is 9.48 Å². The minimum absolute atomic E-state index is 0.0476. The standard InChI is InChI=1S/C19H26N4O2/c24-19(14-23-18-6-2-1-4-15(18)12-20-23)21-16-7-9-22(10-8-16)13-17-5-3-11-25-17/h1-2,4,6,12,16-17H,3,5,7-11,13-14H2,(H,21,24)/t17-/m1/s1. The zero-order chi connectivity index (χ0) is 17.1. The predicted octanol–water partition coefficient (Wildman–Crippen LogP) is 1.80. The van der Waals surface area contributed by atoms with Gasteiger partial charge in [0.1, 0.15) is 6.54 Å². The molecule has 2 saturated heterocycles. The molecule has 2 aliphatic rings. The maximum atomic E-state index is 12.4. The molecule has 0 spiro atoms. The van der Waals surface area contributed by atoms with Crippen molar-refractivity contribution in [1.29, 1.82) is 0 Å². The fourth-order valence-corrected chi connectivity index (χ4v) is 3.90. The van der Waals surface area contributed by atoms with Crippen LogP contribution in [-0.2, 0) is 16.1 Å². The largest absolute Gasteiger partial charge is 0.377 e. The Morgan fingerprint density at radius 1 is 1.24 bits per heavy atom. The highest BCUT2D eigenvalue weighted by Gasteiger charge is 2.24. The number of rotatable bonds is 5. The second-order valence-electron chi connectivity index (χ2n) is 7.14. The molecule has 6 heteroatoms. The molecule has 1 amide bonds. The van der Waals surface area contributed by atoms with Crippen LogP contribution in [0.4, 0.5) is 0 Å². The van der Waals surface area contributed by atoms with Gasteiger partial charge in [-0.15, -0.1) is 0 Å². The number of likely N-dealkylation sites (tertiary alicyclic amines) is 1. The third-order valence-corrected chi connectivity index (χ3v) is 5.28. The van der Waals surface area contributed by atoms with Crippen LogP contribution in [-0.4, -0.2) is 59.0 Å². The second kappa shape index (κ2) is 7.54. The molecular weight excluding hydrogens is 316 g/mol. The number of para-hydroxylation sites is 1. The highest BCUT2D eigenvalue weighted by Crippen LogP contribution is 2.17. The van der Waals surface area contributed by atoms with Gasteiger partial charge in [-0.25, -0.2) is 0 Å². The summed E-state index contributed by atoms with van der Waals surface area (Å²) in [4.78, 5) is 14.8. The smallest absolute Gasteiger partial charge is 0.241 e. The number of piperidine rings is 1. The van der Waals surface area contributed by atoms with Crippen molar-refractivity contribution in [3.63, 3.8) is 0 Å². The Labute approximate surface area is 148 Å². The zero-order valence-corrected chi connectivity index (χ0v) is 14.6. The van der Waals surface area contributed by atoms with Gasteiger partial charge in [0, 0.05) is 37.7 Å². The number of carbonyl (C=O) groups excluding carboxylic acids is 1. The van der Waals surface area contributed by atoms with Gasteiger partial charge in [-0.05, 0) is 31.7 Å². The first-order valence-electron chi connectivity index (χ1n) is 9.32. The van der Waals surface area contributed by atoms with Crippen LogP contribution in [0, 0.1) is 0 Å². The van der Waals surface area contributed by atoms with Crippen LogP contribution in [0.15, 0.2) is 30.5 Å². The van der Waals surface area contributed by atoms with Gasteiger partial charge in [0.2, 0.25) is 5.91 Å². The van der Waals surface area contributed by atoms with Crippen molar-refractivity contribution in [3.8, 4) is 0 Å². The lowest BCUT2D eigenvalue weighted by Crippen LogP contribution is -2.47. The highest BCUT2D eigenvalue weighted by molar-refractivity contribution is 5.82. The summed E-state index contributed by atoms with van der Waals surface area (Å²) in [6, 6.07) is 8.25. The summed E-state index contributed by atoms with van der Waals surface area (Å²) in [7, 11) is 0. The number of hydrogen-bond donors (Lipinski definition) is 1. The Balaban J connectivity index is 1.25. The Hall–Kier alpha value is -1.92. The van der Waals surface area contributed by atoms with E-state index in [4.69, 9.17) is 4.74 Å². The highest BCUT2D eigenvalue weighted by atomic mass is 16.5. The lowest BCUT2D eigenvalue weighted by molar-refractivity contribution is -0.122. The van der Waals surface area contributed by atoms with Crippen LogP contribution in [0.2, 0.25) is 0 Å². The number of nitrogens with zero attached hydrogens (tertiary/aromatic N) is 3. The van der Waals surface area contributed by atoms with Crippen molar-refractivity contribution in [1.82, 2.24) is 20.0 Å². The molecule has 4 rings (SSSR count). The molecule has 25 heavy (non-hydrogen) atoms. The fraction of sp³-hybridized carbons (Fsp3) is 0.579. The predicted molar refractivity (Wildman–Crippen MR) is 96.3 cm³/mol. The number of aromatic nitrogens is 2. The van der Waals surface area contributed by atoms with Gasteiger partial charge in [0.15, 0.2) is 0 Å². The van der Waals surface area contributed by atoms with E-state index in [9.17, 15) is 4.79 Å². The maximum Gasteiger partial charge on any atom is 0.241 e. The van der Waals surface area contributed by atoms with E-state index in [2.05, 4.69) is 15.3 Å². The van der Waals surface area contributed by atoms with E-state index in [1.54, 1.807) is 4.68 Å². The minimum Gasteiger partial charge on any atom is -0.377 e. The van der Waals surface area contributed by atoms with Gasteiger partial charge in [0.05, 0.1) is 17.8 Å². The molecule has 1 aromatic heterocycles. The van der Waals surface area contributed by atoms with E-state index in [-0.39, 0.29) is 18.5 Å². The van der Waals surface area contributed by atoms with Crippen LogP contribution >= 0.6 is 0 Å². The van der Waals surface area contributed by atoms with Crippen molar-refractivity contribution in [2.24, 2.45) is 0 Å². The van der Waals surface area contributed by atoms with E-state index in [0.29, 0.717) is 6.10 Å².